The number of rotatable bonds is 7. The Morgan fingerprint density at radius 1 is 1.15 bits per heavy atom. The summed E-state index contributed by atoms with van der Waals surface area (Å²) in [5, 5.41) is 7.68. The molecule has 2 aromatic carbocycles. The van der Waals surface area contributed by atoms with Crippen LogP contribution in [0.15, 0.2) is 65.8 Å². The number of benzene rings is 2. The summed E-state index contributed by atoms with van der Waals surface area (Å²) in [6.45, 7) is 2.70. The van der Waals surface area contributed by atoms with Gasteiger partial charge in [-0.1, -0.05) is 18.2 Å². The van der Waals surface area contributed by atoms with Crippen molar-refractivity contribution in [1.82, 2.24) is 9.78 Å². The van der Waals surface area contributed by atoms with Gasteiger partial charge in [0.05, 0.1) is 18.5 Å². The lowest BCUT2D eigenvalue weighted by atomic mass is 10.1. The molecule has 0 spiro atoms. The predicted octanol–water partition coefficient (Wildman–Crippen LogP) is 3.55. The summed E-state index contributed by atoms with van der Waals surface area (Å²) < 4.78 is 7.06. The number of hydrogen-bond donors (Lipinski definition) is 2. The molecule has 0 aliphatic heterocycles. The molecule has 0 aliphatic rings. The van der Waals surface area contributed by atoms with Crippen molar-refractivity contribution in [1.29, 1.82) is 0 Å². The fourth-order valence-electron chi connectivity index (χ4n) is 2.78. The number of nitrogens with zero attached hydrogens (tertiary/aromatic N) is 3. The van der Waals surface area contributed by atoms with Crippen LogP contribution >= 0.6 is 0 Å². The van der Waals surface area contributed by atoms with E-state index in [4.69, 9.17) is 10.5 Å². The van der Waals surface area contributed by atoms with Crippen LogP contribution in [0.1, 0.15) is 17.7 Å². The molecular weight excluding hydrogens is 338 g/mol. The van der Waals surface area contributed by atoms with Gasteiger partial charge in [-0.15, -0.1) is 0 Å². The van der Waals surface area contributed by atoms with Gasteiger partial charge in [0, 0.05) is 18.4 Å². The fraction of sp³-hybridized carbons (Fsp3) is 0.238. The first-order valence-electron chi connectivity index (χ1n) is 8.97. The molecule has 3 N–H and O–H groups in total. The van der Waals surface area contributed by atoms with Crippen LogP contribution in [-0.4, -0.2) is 29.4 Å². The van der Waals surface area contributed by atoms with Crippen LogP contribution in [0.2, 0.25) is 0 Å². The third-order valence-corrected chi connectivity index (χ3v) is 4.27. The average Bonchev–Trinajstić information content (AvgIpc) is 3.07. The van der Waals surface area contributed by atoms with Crippen LogP contribution in [0.4, 0.5) is 5.69 Å². The summed E-state index contributed by atoms with van der Waals surface area (Å²) in [7, 11) is 1.64. The summed E-state index contributed by atoms with van der Waals surface area (Å²) >= 11 is 0. The lowest BCUT2D eigenvalue weighted by Crippen LogP contribution is -2.22. The molecule has 0 radical (unpaired) electrons. The molecule has 0 atom stereocenters. The highest BCUT2D eigenvalue weighted by molar-refractivity contribution is 5.92. The first-order chi connectivity index (χ1) is 13.2. The topological polar surface area (TPSA) is 77.5 Å². The van der Waals surface area contributed by atoms with E-state index in [0.717, 1.165) is 35.7 Å². The van der Waals surface area contributed by atoms with E-state index in [-0.39, 0.29) is 0 Å². The lowest BCUT2D eigenvalue weighted by Gasteiger charge is -2.06. The van der Waals surface area contributed by atoms with Gasteiger partial charge in [-0.2, -0.15) is 5.10 Å². The standard InChI is InChI=1S/C21H25N5O/c1-16-17(15-26(25-16)19-8-4-3-5-9-19)7-6-14-23-21(22)24-18-10-12-20(27-2)13-11-18/h3-5,8-13,15H,6-7,14H2,1-2H3,(H3,22,23,24). The number of anilines is 1. The van der Waals surface area contributed by atoms with Gasteiger partial charge in [0.2, 0.25) is 0 Å². The second-order valence-corrected chi connectivity index (χ2v) is 6.24. The number of aliphatic imine (C=N–C) groups is 1. The van der Waals surface area contributed by atoms with Gasteiger partial charge in [0.25, 0.3) is 0 Å². The molecule has 140 valence electrons. The zero-order valence-corrected chi connectivity index (χ0v) is 15.7. The lowest BCUT2D eigenvalue weighted by molar-refractivity contribution is 0.415. The van der Waals surface area contributed by atoms with Gasteiger partial charge < -0.3 is 15.8 Å². The Balaban J connectivity index is 1.50. The van der Waals surface area contributed by atoms with Crippen molar-refractivity contribution in [3.05, 3.63) is 72.1 Å². The van der Waals surface area contributed by atoms with Crippen LogP contribution in [0.25, 0.3) is 5.69 Å². The predicted molar refractivity (Wildman–Crippen MR) is 110 cm³/mol. The summed E-state index contributed by atoms with van der Waals surface area (Å²) in [4.78, 5) is 4.40. The van der Waals surface area contributed by atoms with Crippen molar-refractivity contribution in [2.45, 2.75) is 19.8 Å². The van der Waals surface area contributed by atoms with E-state index in [1.807, 2.05) is 66.2 Å². The minimum absolute atomic E-state index is 0.414. The Hall–Kier alpha value is -3.28. The quantitative estimate of drug-likeness (QED) is 0.382. The Kier molecular flexibility index (Phi) is 6.10. The van der Waals surface area contributed by atoms with E-state index >= 15 is 0 Å². The minimum atomic E-state index is 0.414. The van der Waals surface area contributed by atoms with E-state index in [9.17, 15) is 0 Å². The summed E-state index contributed by atoms with van der Waals surface area (Å²) in [6, 6.07) is 17.7. The minimum Gasteiger partial charge on any atom is -0.497 e. The third-order valence-electron chi connectivity index (χ3n) is 4.27. The van der Waals surface area contributed by atoms with Crippen molar-refractivity contribution in [3.8, 4) is 11.4 Å². The molecule has 0 bridgehead atoms. The van der Waals surface area contributed by atoms with Gasteiger partial charge in [-0.3, -0.25) is 4.99 Å². The third kappa shape index (κ3) is 5.10. The number of nitrogens with two attached hydrogens (primary N) is 1. The maximum Gasteiger partial charge on any atom is 0.193 e. The van der Waals surface area contributed by atoms with Gasteiger partial charge in [0.15, 0.2) is 5.96 Å². The molecule has 0 amide bonds. The number of hydrogen-bond acceptors (Lipinski definition) is 3. The Labute approximate surface area is 159 Å². The summed E-state index contributed by atoms with van der Waals surface area (Å²) in [5.41, 5.74) is 10.2. The highest BCUT2D eigenvalue weighted by Crippen LogP contribution is 2.15. The molecule has 1 heterocycles. The molecule has 6 nitrogen and oxygen atoms in total. The Morgan fingerprint density at radius 3 is 2.59 bits per heavy atom. The van der Waals surface area contributed by atoms with Crippen LogP contribution < -0.4 is 15.8 Å². The van der Waals surface area contributed by atoms with Crippen LogP contribution in [0.5, 0.6) is 5.75 Å². The second-order valence-electron chi connectivity index (χ2n) is 6.24. The number of nitrogens with one attached hydrogen (secondary N) is 1. The van der Waals surface area contributed by atoms with E-state index in [1.165, 1.54) is 5.56 Å². The van der Waals surface area contributed by atoms with Crippen LogP contribution in [-0.2, 0) is 6.42 Å². The van der Waals surface area contributed by atoms with E-state index < -0.39 is 0 Å². The van der Waals surface area contributed by atoms with Crippen molar-refractivity contribution in [2.24, 2.45) is 10.7 Å². The van der Waals surface area contributed by atoms with Crippen molar-refractivity contribution >= 4 is 11.6 Å². The monoisotopic (exact) mass is 363 g/mol. The molecule has 0 aliphatic carbocycles. The van der Waals surface area contributed by atoms with Crippen LogP contribution in [0.3, 0.4) is 0 Å². The largest absolute Gasteiger partial charge is 0.497 e. The second kappa shape index (κ2) is 8.89. The SMILES string of the molecule is COc1ccc(NC(N)=NCCCc2cn(-c3ccccc3)nc2C)cc1. The normalized spacial score (nSPS) is 11.4. The maximum absolute atomic E-state index is 5.96. The molecular formula is C21H25N5O. The van der Waals surface area contributed by atoms with Crippen molar-refractivity contribution in [2.75, 3.05) is 19.0 Å². The first-order valence-corrected chi connectivity index (χ1v) is 8.97. The number of guanidine groups is 1. The number of aromatic nitrogens is 2. The van der Waals surface area contributed by atoms with Crippen molar-refractivity contribution < 1.29 is 4.74 Å². The molecule has 0 fully saturated rings. The number of ether oxygens (including phenoxy) is 1. The Morgan fingerprint density at radius 2 is 1.89 bits per heavy atom. The van der Waals surface area contributed by atoms with Gasteiger partial charge in [-0.25, -0.2) is 4.68 Å². The van der Waals surface area contributed by atoms with Crippen molar-refractivity contribution in [3.63, 3.8) is 0 Å². The van der Waals surface area contributed by atoms with Gasteiger partial charge in [-0.05, 0) is 61.7 Å². The van der Waals surface area contributed by atoms with Gasteiger partial charge in [0.1, 0.15) is 5.75 Å². The molecule has 1 aromatic heterocycles. The highest BCUT2D eigenvalue weighted by Gasteiger charge is 2.06. The average molecular weight is 363 g/mol. The smallest absolute Gasteiger partial charge is 0.193 e. The zero-order valence-electron chi connectivity index (χ0n) is 15.7. The molecule has 27 heavy (non-hydrogen) atoms. The first kappa shape index (κ1) is 18.5. The molecule has 0 saturated heterocycles. The number of methoxy groups -OCH3 is 1. The van der Waals surface area contributed by atoms with E-state index in [0.29, 0.717) is 12.5 Å². The van der Waals surface area contributed by atoms with Crippen LogP contribution in [0, 0.1) is 6.92 Å². The molecule has 6 heteroatoms. The van der Waals surface area contributed by atoms with E-state index in [2.05, 4.69) is 21.6 Å². The summed E-state index contributed by atoms with van der Waals surface area (Å²) in [6.07, 6.45) is 3.91. The summed E-state index contributed by atoms with van der Waals surface area (Å²) in [5.74, 6) is 1.22. The Bertz CT molecular complexity index is 885. The zero-order chi connectivity index (χ0) is 19.1. The molecule has 3 aromatic rings. The molecule has 0 saturated carbocycles. The van der Waals surface area contributed by atoms with Gasteiger partial charge >= 0.3 is 0 Å². The molecule has 0 unspecified atom stereocenters. The molecule has 3 rings (SSSR count). The number of aryl methyl sites for hydroxylation is 2. The maximum atomic E-state index is 5.96. The fourth-order valence-corrected chi connectivity index (χ4v) is 2.78. The number of para-hydroxylation sites is 1. The van der Waals surface area contributed by atoms with E-state index in [1.54, 1.807) is 7.11 Å². The highest BCUT2D eigenvalue weighted by atomic mass is 16.5.